The zero-order valence-electron chi connectivity index (χ0n) is 16.4. The van der Waals surface area contributed by atoms with Gasteiger partial charge in [-0.1, -0.05) is 30.3 Å². The Morgan fingerprint density at radius 2 is 1.83 bits per heavy atom. The van der Waals surface area contributed by atoms with Crippen molar-refractivity contribution < 1.29 is 18.0 Å². The van der Waals surface area contributed by atoms with Gasteiger partial charge >= 0.3 is 0 Å². The van der Waals surface area contributed by atoms with Crippen LogP contribution in [0.15, 0.2) is 59.1 Å². The molecule has 0 amide bonds. The van der Waals surface area contributed by atoms with Crippen molar-refractivity contribution in [3.63, 3.8) is 0 Å². The first kappa shape index (κ1) is 20.4. The predicted molar refractivity (Wildman–Crippen MR) is 113 cm³/mol. The Hall–Kier alpha value is -2.85. The van der Waals surface area contributed by atoms with Crippen molar-refractivity contribution in [3.8, 4) is 0 Å². The van der Waals surface area contributed by atoms with Crippen molar-refractivity contribution in [2.24, 2.45) is 0 Å². The van der Waals surface area contributed by atoms with Crippen LogP contribution in [0.3, 0.4) is 0 Å². The summed E-state index contributed by atoms with van der Waals surface area (Å²) in [5.41, 5.74) is 1.64. The molecule has 2 aliphatic rings. The van der Waals surface area contributed by atoms with E-state index in [1.165, 1.54) is 31.3 Å². The minimum Gasteiger partial charge on any atom is -0.352 e. The molecule has 0 bridgehead atoms. The van der Waals surface area contributed by atoms with Gasteiger partial charge in [-0.15, -0.1) is 0 Å². The summed E-state index contributed by atoms with van der Waals surface area (Å²) in [4.78, 5) is 25.7. The maximum Gasteiger partial charge on any atom is 0.241 e. The average Bonchev–Trinajstić information content (AvgIpc) is 2.77. The molecule has 1 aliphatic carbocycles. The van der Waals surface area contributed by atoms with Crippen LogP contribution in [0.25, 0.3) is 0 Å². The molecule has 2 aromatic rings. The Morgan fingerprint density at radius 3 is 2.57 bits per heavy atom. The number of carbonyl (C=O) groups is 2. The van der Waals surface area contributed by atoms with Crippen LogP contribution >= 0.6 is 0 Å². The van der Waals surface area contributed by atoms with Gasteiger partial charge < -0.3 is 16.0 Å². The van der Waals surface area contributed by atoms with E-state index in [1.807, 2.05) is 24.3 Å². The molecule has 4 rings (SSSR count). The molecule has 0 spiro atoms. The zero-order valence-corrected chi connectivity index (χ0v) is 17.2. The Kier molecular flexibility index (Phi) is 5.52. The van der Waals surface area contributed by atoms with Gasteiger partial charge in [-0.25, -0.2) is 13.1 Å². The van der Waals surface area contributed by atoms with Crippen LogP contribution in [0.1, 0.15) is 32.3 Å². The van der Waals surface area contributed by atoms with Gasteiger partial charge in [0.05, 0.1) is 16.2 Å². The van der Waals surface area contributed by atoms with Crippen molar-refractivity contribution in [2.75, 3.05) is 32.0 Å². The van der Waals surface area contributed by atoms with Gasteiger partial charge in [0.15, 0.2) is 5.78 Å². The summed E-state index contributed by atoms with van der Waals surface area (Å²) in [7, 11) is -2.65. The van der Waals surface area contributed by atoms with Crippen LogP contribution in [0.5, 0.6) is 0 Å². The number of carbonyl (C=O) groups excluding carboxylic acids is 2. The largest absolute Gasteiger partial charge is 0.352 e. The van der Waals surface area contributed by atoms with Crippen molar-refractivity contribution in [2.45, 2.75) is 10.9 Å². The van der Waals surface area contributed by atoms with E-state index in [9.17, 15) is 18.0 Å². The van der Waals surface area contributed by atoms with Crippen molar-refractivity contribution in [1.82, 2.24) is 15.4 Å². The molecule has 1 fully saturated rings. The van der Waals surface area contributed by atoms with Crippen molar-refractivity contribution in [3.05, 3.63) is 70.9 Å². The standard InChI is InChI=1S/C21H22N4O4S/c1-22-30(28,29)19-8-4-6-14-18(26)11-16(21(27)20(14)19)25-15-7-3-2-5-13(15)17-12-23-9-10-24-17/h2-8,11,17,22-25H,9-10,12H2,1H3. The Balaban J connectivity index is 1.73. The third-order valence-corrected chi connectivity index (χ3v) is 6.70. The lowest BCUT2D eigenvalue weighted by Gasteiger charge is -2.27. The van der Waals surface area contributed by atoms with E-state index < -0.39 is 21.6 Å². The van der Waals surface area contributed by atoms with Gasteiger partial charge in [-0.2, -0.15) is 0 Å². The average molecular weight is 426 g/mol. The molecule has 1 saturated heterocycles. The molecule has 4 N–H and O–H groups in total. The van der Waals surface area contributed by atoms with Crippen molar-refractivity contribution in [1.29, 1.82) is 0 Å². The van der Waals surface area contributed by atoms with E-state index in [-0.39, 0.29) is 27.8 Å². The maximum absolute atomic E-state index is 13.2. The fourth-order valence-corrected chi connectivity index (χ4v) is 4.69. The van der Waals surface area contributed by atoms with Gasteiger partial charge in [0, 0.05) is 43.0 Å². The third-order valence-electron chi connectivity index (χ3n) is 5.24. The van der Waals surface area contributed by atoms with E-state index in [0.717, 1.165) is 25.2 Å². The lowest BCUT2D eigenvalue weighted by Crippen LogP contribution is -2.42. The zero-order chi connectivity index (χ0) is 21.3. The summed E-state index contributed by atoms with van der Waals surface area (Å²) in [5.74, 6) is -0.959. The second-order valence-corrected chi connectivity index (χ2v) is 8.92. The summed E-state index contributed by atoms with van der Waals surface area (Å²) in [6.07, 6.45) is 1.23. The second-order valence-electron chi connectivity index (χ2n) is 7.06. The van der Waals surface area contributed by atoms with Crippen LogP contribution in [0.4, 0.5) is 5.69 Å². The first-order valence-corrected chi connectivity index (χ1v) is 11.1. The van der Waals surface area contributed by atoms with Gasteiger partial charge in [-0.3, -0.25) is 9.59 Å². The number of piperazine rings is 1. The lowest BCUT2D eigenvalue weighted by atomic mass is 9.92. The van der Waals surface area contributed by atoms with Crippen LogP contribution in [-0.4, -0.2) is 46.7 Å². The fraction of sp³-hybridized carbons (Fsp3) is 0.238. The molecular weight excluding hydrogens is 404 g/mol. The highest BCUT2D eigenvalue weighted by atomic mass is 32.2. The highest BCUT2D eigenvalue weighted by Gasteiger charge is 2.32. The topological polar surface area (TPSA) is 116 Å². The summed E-state index contributed by atoms with van der Waals surface area (Å²) >= 11 is 0. The SMILES string of the molecule is CNS(=O)(=O)c1cccc2c1C(=O)C(Nc1ccccc1C1CNCCN1)=CC2=O. The minimum atomic E-state index is -3.91. The normalized spacial score (nSPS) is 19.2. The molecule has 0 radical (unpaired) electrons. The molecule has 8 nitrogen and oxygen atoms in total. The Labute approximate surface area is 174 Å². The number of anilines is 1. The fourth-order valence-electron chi connectivity index (χ4n) is 3.74. The molecule has 2 aromatic carbocycles. The molecule has 1 atom stereocenters. The number of fused-ring (bicyclic) bond motifs is 1. The maximum atomic E-state index is 13.2. The molecule has 0 saturated carbocycles. The second kappa shape index (κ2) is 8.11. The number of para-hydroxylation sites is 1. The molecule has 1 aliphatic heterocycles. The number of benzene rings is 2. The van der Waals surface area contributed by atoms with Crippen molar-refractivity contribution >= 4 is 27.3 Å². The molecular formula is C21H22N4O4S. The van der Waals surface area contributed by atoms with Crippen LogP contribution < -0.4 is 20.7 Å². The number of sulfonamides is 1. The highest BCUT2D eigenvalue weighted by molar-refractivity contribution is 7.89. The lowest BCUT2D eigenvalue weighted by molar-refractivity contribution is 0.0983. The number of allylic oxidation sites excluding steroid dienone is 2. The molecule has 1 unspecified atom stereocenters. The number of Topliss-reactive ketones (excluding diaryl/α,β-unsaturated/α-hetero) is 1. The van der Waals surface area contributed by atoms with Gasteiger partial charge in [0.1, 0.15) is 0 Å². The molecule has 156 valence electrons. The Bertz CT molecular complexity index is 1150. The van der Waals surface area contributed by atoms with E-state index in [4.69, 9.17) is 0 Å². The summed E-state index contributed by atoms with van der Waals surface area (Å²) < 4.78 is 27.1. The molecule has 9 heteroatoms. The number of hydrogen-bond acceptors (Lipinski definition) is 7. The number of hydrogen-bond donors (Lipinski definition) is 4. The smallest absolute Gasteiger partial charge is 0.241 e. The summed E-state index contributed by atoms with van der Waals surface area (Å²) in [5, 5.41) is 9.82. The highest BCUT2D eigenvalue weighted by Crippen LogP contribution is 2.30. The summed E-state index contributed by atoms with van der Waals surface area (Å²) in [6.45, 7) is 2.43. The minimum absolute atomic E-state index is 0.0440. The number of ketones is 2. The van der Waals surface area contributed by atoms with Crippen LogP contribution in [-0.2, 0) is 10.0 Å². The quantitative estimate of drug-likeness (QED) is 0.568. The molecule has 1 heterocycles. The number of nitrogens with one attached hydrogen (secondary N) is 4. The first-order chi connectivity index (χ1) is 14.4. The van der Waals surface area contributed by atoms with Crippen LogP contribution in [0.2, 0.25) is 0 Å². The van der Waals surface area contributed by atoms with Gasteiger partial charge in [0.25, 0.3) is 0 Å². The van der Waals surface area contributed by atoms with Gasteiger partial charge in [0.2, 0.25) is 15.8 Å². The number of rotatable bonds is 5. The monoisotopic (exact) mass is 426 g/mol. The van der Waals surface area contributed by atoms with Gasteiger partial charge in [-0.05, 0) is 24.7 Å². The van der Waals surface area contributed by atoms with E-state index in [1.54, 1.807) is 0 Å². The van der Waals surface area contributed by atoms with E-state index in [0.29, 0.717) is 5.69 Å². The third kappa shape index (κ3) is 3.68. The Morgan fingerprint density at radius 1 is 1.03 bits per heavy atom. The first-order valence-electron chi connectivity index (χ1n) is 9.59. The van der Waals surface area contributed by atoms with E-state index >= 15 is 0 Å². The summed E-state index contributed by atoms with van der Waals surface area (Å²) in [6, 6.07) is 11.8. The van der Waals surface area contributed by atoms with Crippen LogP contribution in [0, 0.1) is 0 Å². The predicted octanol–water partition coefficient (Wildman–Crippen LogP) is 1.20. The molecule has 0 aromatic heterocycles. The molecule has 30 heavy (non-hydrogen) atoms. The van der Waals surface area contributed by atoms with E-state index in [2.05, 4.69) is 20.7 Å².